The van der Waals surface area contributed by atoms with E-state index in [-0.39, 0.29) is 6.42 Å². The number of fused-ring (bicyclic) bond motifs is 1. The molecule has 2 bridgehead atoms. The van der Waals surface area contributed by atoms with Crippen LogP contribution in [0.5, 0.6) is 0 Å². The van der Waals surface area contributed by atoms with Crippen molar-refractivity contribution >= 4 is 10.1 Å². The molecule has 1 unspecified atom stereocenters. The molecule has 0 amide bonds. The van der Waals surface area contributed by atoms with Gasteiger partial charge in [-0.05, 0) is 28.7 Å². The first-order valence-electron chi connectivity index (χ1n) is 7.96. The molecule has 5 rings (SSSR count). The maximum absolute atomic E-state index is 14.7. The molecule has 2 aromatic carbocycles. The van der Waals surface area contributed by atoms with Gasteiger partial charge in [0.05, 0.1) is 0 Å². The summed E-state index contributed by atoms with van der Waals surface area (Å²) in [5, 5.41) is -5.67. The van der Waals surface area contributed by atoms with Crippen LogP contribution in [0.4, 0.5) is 17.6 Å². The minimum absolute atomic E-state index is 0.350. The summed E-state index contributed by atoms with van der Waals surface area (Å²) in [6.45, 7) is 0. The fraction of sp³-hybridized carbons (Fsp3) is 0.333. The molecule has 1 atom stereocenters. The molecule has 0 N–H and O–H groups in total. The lowest BCUT2D eigenvalue weighted by molar-refractivity contribution is -0.200. The molecule has 3 aliphatic rings. The Balaban J connectivity index is 1.92. The molecule has 138 valence electrons. The SMILES string of the molecule is O=S(=O)([O-])C(F)(F)C(F)(F)C1CC2c3ccccc3C1c1ccccc12. The summed E-state index contributed by atoms with van der Waals surface area (Å²) < 4.78 is 89.8. The fourth-order valence-electron chi connectivity index (χ4n) is 4.38. The third-order valence-corrected chi connectivity index (χ3v) is 6.37. The van der Waals surface area contributed by atoms with Crippen LogP contribution in [0.1, 0.15) is 40.5 Å². The summed E-state index contributed by atoms with van der Waals surface area (Å²) in [5.74, 6) is -8.63. The lowest BCUT2D eigenvalue weighted by Crippen LogP contribution is -2.55. The highest BCUT2D eigenvalue weighted by Gasteiger charge is 2.68. The molecule has 3 nitrogen and oxygen atoms in total. The van der Waals surface area contributed by atoms with E-state index < -0.39 is 39.0 Å². The predicted molar refractivity (Wildman–Crippen MR) is 84.3 cm³/mol. The van der Waals surface area contributed by atoms with Crippen molar-refractivity contribution in [1.82, 2.24) is 0 Å². The van der Waals surface area contributed by atoms with Gasteiger partial charge in [0.1, 0.15) is 0 Å². The van der Waals surface area contributed by atoms with Crippen molar-refractivity contribution in [2.75, 3.05) is 0 Å². The Hall–Kier alpha value is -1.93. The molecule has 0 aliphatic heterocycles. The zero-order chi connectivity index (χ0) is 18.9. The monoisotopic (exact) mass is 385 g/mol. The van der Waals surface area contributed by atoms with Crippen LogP contribution >= 0.6 is 0 Å². The van der Waals surface area contributed by atoms with E-state index in [0.29, 0.717) is 11.1 Å². The van der Waals surface area contributed by atoms with Crippen LogP contribution in [-0.4, -0.2) is 24.1 Å². The normalized spacial score (nSPS) is 24.9. The summed E-state index contributed by atoms with van der Waals surface area (Å²) >= 11 is 0. The molecule has 3 aliphatic carbocycles. The van der Waals surface area contributed by atoms with Gasteiger partial charge in [0.15, 0.2) is 10.1 Å². The van der Waals surface area contributed by atoms with Crippen molar-refractivity contribution in [2.45, 2.75) is 29.4 Å². The van der Waals surface area contributed by atoms with Crippen molar-refractivity contribution in [2.24, 2.45) is 5.92 Å². The maximum Gasteiger partial charge on any atom is 0.396 e. The molecular weight excluding hydrogens is 372 g/mol. The van der Waals surface area contributed by atoms with Crippen molar-refractivity contribution in [3.63, 3.8) is 0 Å². The van der Waals surface area contributed by atoms with Gasteiger partial charge < -0.3 is 4.55 Å². The molecule has 0 saturated heterocycles. The zero-order valence-corrected chi connectivity index (χ0v) is 14.0. The number of benzene rings is 2. The van der Waals surface area contributed by atoms with Crippen LogP contribution in [0.3, 0.4) is 0 Å². The molecule has 0 fully saturated rings. The van der Waals surface area contributed by atoms with Crippen molar-refractivity contribution < 1.29 is 30.5 Å². The topological polar surface area (TPSA) is 57.2 Å². The van der Waals surface area contributed by atoms with E-state index >= 15 is 0 Å². The van der Waals surface area contributed by atoms with Gasteiger partial charge in [-0.3, -0.25) is 0 Å². The molecule has 0 heterocycles. The van der Waals surface area contributed by atoms with Crippen LogP contribution in [0.25, 0.3) is 0 Å². The zero-order valence-electron chi connectivity index (χ0n) is 13.2. The van der Waals surface area contributed by atoms with Gasteiger partial charge in [-0.25, -0.2) is 8.42 Å². The Morgan fingerprint density at radius 1 is 0.846 bits per heavy atom. The second kappa shape index (κ2) is 5.29. The lowest BCUT2D eigenvalue weighted by atomic mass is 9.57. The molecule has 8 heteroatoms. The van der Waals surface area contributed by atoms with Crippen molar-refractivity contribution in [3.8, 4) is 0 Å². The Labute approximate surface area is 147 Å². The van der Waals surface area contributed by atoms with E-state index in [0.717, 1.165) is 11.1 Å². The highest BCUT2D eigenvalue weighted by atomic mass is 32.2. The first-order chi connectivity index (χ1) is 12.1. The second-order valence-corrected chi connectivity index (χ2v) is 8.15. The second-order valence-electron chi connectivity index (χ2n) is 6.72. The lowest BCUT2D eigenvalue weighted by Gasteiger charge is -2.49. The Morgan fingerprint density at radius 3 is 1.69 bits per heavy atom. The van der Waals surface area contributed by atoms with Crippen molar-refractivity contribution in [1.29, 1.82) is 0 Å². The average Bonchev–Trinajstić information content (AvgIpc) is 2.60. The first kappa shape index (κ1) is 17.5. The smallest absolute Gasteiger partial charge is 0.396 e. The molecule has 0 aromatic heterocycles. The summed E-state index contributed by atoms with van der Waals surface area (Å²) in [6, 6.07) is 13.4. The molecule has 26 heavy (non-hydrogen) atoms. The molecule has 0 radical (unpaired) electrons. The fourth-order valence-corrected chi connectivity index (χ4v) is 4.86. The Bertz CT molecular complexity index is 940. The summed E-state index contributed by atoms with van der Waals surface area (Å²) in [5.41, 5.74) is 2.51. The number of rotatable bonds is 3. The van der Waals surface area contributed by atoms with Gasteiger partial charge in [-0.2, -0.15) is 17.6 Å². The average molecular weight is 385 g/mol. The van der Waals surface area contributed by atoms with Crippen LogP contribution in [0, 0.1) is 5.92 Å². The maximum atomic E-state index is 14.7. The highest BCUT2D eigenvalue weighted by Crippen LogP contribution is 2.61. The van der Waals surface area contributed by atoms with E-state index in [1.807, 2.05) is 0 Å². The van der Waals surface area contributed by atoms with Crippen molar-refractivity contribution in [3.05, 3.63) is 70.8 Å². The number of alkyl halides is 4. The molecule has 0 saturated carbocycles. The standard InChI is InChI=1S/C18H14F4O3S/c19-17(20,18(21,22)26(23,24)25)15-9-14-10-5-1-3-7-12(10)16(15)13-8-4-2-6-11(13)14/h1-8,14-16H,9H2,(H,23,24,25)/p-1. The van der Waals surface area contributed by atoms with Gasteiger partial charge in [-0.1, -0.05) is 48.5 Å². The minimum atomic E-state index is -6.51. The molecule has 0 spiro atoms. The quantitative estimate of drug-likeness (QED) is 0.592. The van der Waals surface area contributed by atoms with Crippen LogP contribution in [0.15, 0.2) is 48.5 Å². The first-order valence-corrected chi connectivity index (χ1v) is 9.37. The predicted octanol–water partition coefficient (Wildman–Crippen LogP) is 4.06. The summed E-state index contributed by atoms with van der Waals surface area (Å²) in [7, 11) is -6.51. The van der Waals surface area contributed by atoms with E-state index in [4.69, 9.17) is 0 Å². The largest absolute Gasteiger partial charge is 0.743 e. The number of hydrogen-bond donors (Lipinski definition) is 0. The molecule has 2 aromatic rings. The van der Waals surface area contributed by atoms with E-state index in [1.54, 1.807) is 48.5 Å². The van der Waals surface area contributed by atoms with Crippen LogP contribution < -0.4 is 0 Å². The van der Waals surface area contributed by atoms with Crippen LogP contribution in [-0.2, 0) is 10.1 Å². The number of hydrogen-bond acceptors (Lipinski definition) is 3. The Morgan fingerprint density at radius 2 is 1.27 bits per heavy atom. The minimum Gasteiger partial charge on any atom is -0.743 e. The van der Waals surface area contributed by atoms with E-state index in [9.17, 15) is 30.5 Å². The van der Waals surface area contributed by atoms with E-state index in [2.05, 4.69) is 0 Å². The summed E-state index contributed by atoms with van der Waals surface area (Å²) in [6.07, 6.45) is -0.350. The third kappa shape index (κ3) is 2.11. The number of halogens is 4. The summed E-state index contributed by atoms with van der Waals surface area (Å²) in [4.78, 5) is 0. The van der Waals surface area contributed by atoms with Gasteiger partial charge in [0.25, 0.3) is 0 Å². The third-order valence-electron chi connectivity index (χ3n) is 5.47. The molecular formula is C18H13F4O3S-. The van der Waals surface area contributed by atoms with Gasteiger partial charge >= 0.3 is 11.2 Å². The van der Waals surface area contributed by atoms with Gasteiger partial charge in [0, 0.05) is 17.8 Å². The van der Waals surface area contributed by atoms with Gasteiger partial charge in [-0.15, -0.1) is 0 Å². The Kier molecular flexibility index (Phi) is 3.56. The highest BCUT2D eigenvalue weighted by molar-refractivity contribution is 7.86. The van der Waals surface area contributed by atoms with Gasteiger partial charge in [0.2, 0.25) is 0 Å². The van der Waals surface area contributed by atoms with Crippen LogP contribution in [0.2, 0.25) is 0 Å². The van der Waals surface area contributed by atoms with E-state index in [1.165, 1.54) is 0 Å².